The number of unbranched alkanes of at least 4 members (excludes halogenated alkanes) is 13. The van der Waals surface area contributed by atoms with Gasteiger partial charge in [0.25, 0.3) is 0 Å². The molecule has 1 heterocycles. The Labute approximate surface area is 440 Å². The van der Waals surface area contributed by atoms with Crippen LogP contribution in [0.25, 0.3) is 0 Å². The van der Waals surface area contributed by atoms with E-state index in [1.165, 1.54) is 25.7 Å². The van der Waals surface area contributed by atoms with E-state index in [2.05, 4.69) is 118 Å². The normalized spacial score (nSPS) is 19.2. The highest BCUT2D eigenvalue weighted by molar-refractivity contribution is 5.74. The molecule has 73 heavy (non-hydrogen) atoms. The summed E-state index contributed by atoms with van der Waals surface area (Å²) in [6, 6.07) is 0. The van der Waals surface area contributed by atoms with Gasteiger partial charge in [0.2, 0.25) is 0 Å². The van der Waals surface area contributed by atoms with Gasteiger partial charge in [0.1, 0.15) is 18.8 Å². The van der Waals surface area contributed by atoms with Crippen molar-refractivity contribution in [3.8, 4) is 0 Å². The third kappa shape index (κ3) is 38.6. The summed E-state index contributed by atoms with van der Waals surface area (Å²) in [6.07, 6.45) is 52.3. The molecular weight excluding hydrogens is 925 g/mol. The number of esters is 3. The van der Waals surface area contributed by atoms with Gasteiger partial charge in [0, 0.05) is 19.3 Å². The molecule has 1 rings (SSSR count). The van der Waals surface area contributed by atoms with Crippen LogP contribution in [0.5, 0.6) is 0 Å². The van der Waals surface area contributed by atoms with E-state index < -0.39 is 67.3 Å². The van der Waals surface area contributed by atoms with E-state index in [9.17, 15) is 34.5 Å². The van der Waals surface area contributed by atoms with Gasteiger partial charge in [-0.05, 0) is 109 Å². The minimum atomic E-state index is -1.92. The minimum absolute atomic E-state index is 0.0298. The number of rotatable bonds is 45. The molecule has 0 aliphatic carbocycles. The maximum atomic E-state index is 13.1. The van der Waals surface area contributed by atoms with E-state index in [1.807, 2.05) is 12.2 Å². The lowest BCUT2D eigenvalue weighted by Crippen LogP contribution is -2.61. The number of allylic oxidation sites excluding steroid dienone is 18. The number of aliphatic hydroxyl groups excluding tert-OH is 2. The maximum Gasteiger partial charge on any atom is 0.335 e. The molecule has 6 unspecified atom stereocenters. The van der Waals surface area contributed by atoms with Crippen LogP contribution in [-0.4, -0.2) is 89.2 Å². The maximum absolute atomic E-state index is 13.1. The summed E-state index contributed by atoms with van der Waals surface area (Å²) in [5, 5.41) is 31.4. The first kappa shape index (κ1) is 66.4. The summed E-state index contributed by atoms with van der Waals surface area (Å²) in [5.41, 5.74) is 0. The van der Waals surface area contributed by atoms with Gasteiger partial charge < -0.3 is 39.0 Å². The molecule has 0 amide bonds. The van der Waals surface area contributed by atoms with Gasteiger partial charge in [0.15, 0.2) is 24.6 Å². The molecule has 0 aromatic rings. The van der Waals surface area contributed by atoms with E-state index in [1.54, 1.807) is 0 Å². The first-order valence-electron chi connectivity index (χ1n) is 27.9. The van der Waals surface area contributed by atoms with Crippen molar-refractivity contribution in [1.29, 1.82) is 0 Å². The molecule has 412 valence electrons. The second-order valence-electron chi connectivity index (χ2n) is 18.4. The number of aliphatic hydroxyl groups is 2. The smallest absolute Gasteiger partial charge is 0.335 e. The van der Waals surface area contributed by atoms with Crippen molar-refractivity contribution < 1.29 is 58.2 Å². The predicted molar refractivity (Wildman–Crippen MR) is 294 cm³/mol. The van der Waals surface area contributed by atoms with Crippen molar-refractivity contribution in [2.45, 2.75) is 237 Å². The Balaban J connectivity index is 2.77. The molecule has 6 atom stereocenters. The van der Waals surface area contributed by atoms with Gasteiger partial charge in [0.05, 0.1) is 6.61 Å². The van der Waals surface area contributed by atoms with Crippen molar-refractivity contribution in [2.75, 3.05) is 13.2 Å². The van der Waals surface area contributed by atoms with Crippen LogP contribution in [0.2, 0.25) is 0 Å². The van der Waals surface area contributed by atoms with E-state index >= 15 is 0 Å². The SMILES string of the molecule is CC/C=C\C/C=C\C/C=C\C/C=C\CCCCCCC(=O)OCC(COC1OC(C(=O)O)C(O)C(O)C1OC(=O)CCCCCCC/C=C\CCCCCC)OC(=O)CC/C=C\C/C=C\C/C=C\C/C=C\CC. The molecule has 0 aromatic carbocycles. The zero-order valence-electron chi connectivity index (χ0n) is 45.1. The quantitative estimate of drug-likeness (QED) is 0.0228. The third-order valence-electron chi connectivity index (χ3n) is 11.8. The molecule has 0 spiro atoms. The molecule has 1 fully saturated rings. The molecule has 0 saturated carbocycles. The van der Waals surface area contributed by atoms with Gasteiger partial charge in [-0.3, -0.25) is 14.4 Å². The van der Waals surface area contributed by atoms with E-state index in [-0.39, 0.29) is 25.9 Å². The van der Waals surface area contributed by atoms with Crippen LogP contribution in [-0.2, 0) is 42.9 Å². The van der Waals surface area contributed by atoms with Crippen LogP contribution >= 0.6 is 0 Å². The average molecular weight is 1020 g/mol. The summed E-state index contributed by atoms with van der Waals surface area (Å²) in [5.74, 6) is -3.29. The summed E-state index contributed by atoms with van der Waals surface area (Å²) in [7, 11) is 0. The Morgan fingerprint density at radius 2 is 0.890 bits per heavy atom. The van der Waals surface area contributed by atoms with Gasteiger partial charge in [-0.1, -0.05) is 182 Å². The second-order valence-corrected chi connectivity index (χ2v) is 18.4. The van der Waals surface area contributed by atoms with Crippen molar-refractivity contribution in [3.05, 3.63) is 109 Å². The van der Waals surface area contributed by atoms with Gasteiger partial charge in [-0.15, -0.1) is 0 Å². The molecule has 0 bridgehead atoms. The topological polar surface area (TPSA) is 175 Å². The number of carboxylic acids is 1. The fourth-order valence-electron chi connectivity index (χ4n) is 7.60. The van der Waals surface area contributed by atoms with Gasteiger partial charge >= 0.3 is 23.9 Å². The Bertz CT molecular complexity index is 1690. The van der Waals surface area contributed by atoms with E-state index in [0.29, 0.717) is 25.7 Å². The minimum Gasteiger partial charge on any atom is -0.479 e. The molecule has 1 aliphatic rings. The number of hydrogen-bond acceptors (Lipinski definition) is 11. The van der Waals surface area contributed by atoms with E-state index in [0.717, 1.165) is 109 Å². The molecule has 3 N–H and O–H groups in total. The number of carbonyl (C=O) groups excluding carboxylic acids is 3. The number of ether oxygens (including phenoxy) is 5. The largest absolute Gasteiger partial charge is 0.479 e. The van der Waals surface area contributed by atoms with E-state index in [4.69, 9.17) is 23.7 Å². The lowest BCUT2D eigenvalue weighted by Gasteiger charge is -2.40. The van der Waals surface area contributed by atoms with Crippen LogP contribution < -0.4 is 0 Å². The fraction of sp³-hybridized carbons (Fsp3) is 0.639. The average Bonchev–Trinajstić information content (AvgIpc) is 3.37. The van der Waals surface area contributed by atoms with Crippen molar-refractivity contribution in [2.24, 2.45) is 0 Å². The van der Waals surface area contributed by atoms with Crippen molar-refractivity contribution in [3.63, 3.8) is 0 Å². The highest BCUT2D eigenvalue weighted by atomic mass is 16.7. The molecule has 0 radical (unpaired) electrons. The highest BCUT2D eigenvalue weighted by Crippen LogP contribution is 2.26. The first-order chi connectivity index (χ1) is 35.6. The number of hydrogen-bond donors (Lipinski definition) is 3. The summed E-state index contributed by atoms with van der Waals surface area (Å²) in [6.45, 7) is 5.63. The zero-order chi connectivity index (χ0) is 53.3. The predicted octanol–water partition coefficient (Wildman–Crippen LogP) is 13.9. The first-order valence-corrected chi connectivity index (χ1v) is 27.9. The Hall–Kier alpha value is -4.62. The second kappa shape index (κ2) is 48.3. The summed E-state index contributed by atoms with van der Waals surface area (Å²) < 4.78 is 28.2. The molecule has 1 saturated heterocycles. The van der Waals surface area contributed by atoms with Crippen molar-refractivity contribution >= 4 is 23.9 Å². The summed E-state index contributed by atoms with van der Waals surface area (Å²) >= 11 is 0. The molecule has 12 nitrogen and oxygen atoms in total. The van der Waals surface area contributed by atoms with Crippen LogP contribution in [0, 0.1) is 0 Å². The van der Waals surface area contributed by atoms with Crippen LogP contribution in [0.4, 0.5) is 0 Å². The molecule has 12 heteroatoms. The lowest BCUT2D eigenvalue weighted by molar-refractivity contribution is -0.301. The molecule has 1 aliphatic heterocycles. The summed E-state index contributed by atoms with van der Waals surface area (Å²) in [4.78, 5) is 50.9. The van der Waals surface area contributed by atoms with Crippen LogP contribution in [0.15, 0.2) is 109 Å². The number of aliphatic carboxylic acids is 1. The van der Waals surface area contributed by atoms with Crippen LogP contribution in [0.1, 0.15) is 201 Å². The van der Waals surface area contributed by atoms with Crippen molar-refractivity contribution in [1.82, 2.24) is 0 Å². The standard InChI is InChI=1S/C61H96O12/c1-4-7-10-13-16-19-22-25-26-27-28-31-32-35-38-41-44-47-53(62)69-50-52(71-54(63)48-45-42-39-36-33-29-23-20-17-14-11-8-5-2)51-70-61-59(57(66)56(65)58(73-61)60(67)68)72-55(64)49-46-43-40-37-34-30-24-21-18-15-12-9-6-3/h7-8,10-11,16-17,19-21,24-26,28-29,31,33,39,42,52,56-59,61,65-66H,4-6,9,12-15,18,22-23,27,30,32,34-38,40-41,43-51H2,1-3H3,(H,67,68)/b10-7-,11-8-,19-16-,20-17-,24-21-,26-25-,31-28-,33-29-,42-39-. The lowest BCUT2D eigenvalue weighted by atomic mass is 9.98. The van der Waals surface area contributed by atoms with Crippen LogP contribution in [0.3, 0.4) is 0 Å². The highest BCUT2D eigenvalue weighted by Gasteiger charge is 2.50. The van der Waals surface area contributed by atoms with Gasteiger partial charge in [-0.2, -0.15) is 0 Å². The Morgan fingerprint density at radius 1 is 0.466 bits per heavy atom. The number of carbonyl (C=O) groups is 4. The Kier molecular flexibility index (Phi) is 44.0. The molecule has 0 aromatic heterocycles. The number of carboxylic acid groups (broad SMARTS) is 1. The zero-order valence-corrected chi connectivity index (χ0v) is 45.1. The monoisotopic (exact) mass is 1020 g/mol. The molecular formula is C61H96O12. The Morgan fingerprint density at radius 3 is 1.38 bits per heavy atom. The fourth-order valence-corrected chi connectivity index (χ4v) is 7.60. The third-order valence-corrected chi connectivity index (χ3v) is 11.8. The van der Waals surface area contributed by atoms with Gasteiger partial charge in [-0.25, -0.2) is 4.79 Å².